The molecule has 2 nitrogen and oxygen atoms in total. The van der Waals surface area contributed by atoms with Crippen molar-refractivity contribution in [3.63, 3.8) is 0 Å². The van der Waals surface area contributed by atoms with Gasteiger partial charge in [-0.1, -0.05) is 74.4 Å². The third-order valence-corrected chi connectivity index (χ3v) is 15.6. The molecule has 2 saturated heterocycles. The fraction of sp³-hybridized carbons (Fsp3) is 0.833. The Morgan fingerprint density at radius 3 is 1.82 bits per heavy atom. The second-order valence-corrected chi connectivity index (χ2v) is 19.8. The molecule has 0 radical (unpaired) electrons. The van der Waals surface area contributed by atoms with E-state index in [4.69, 9.17) is 0 Å². The molecule has 7 rings (SSSR count). The molecule has 4 aliphatic carbocycles. The van der Waals surface area contributed by atoms with Crippen LogP contribution in [0.4, 0.5) is 0 Å². The van der Waals surface area contributed by atoms with Gasteiger partial charge in [-0.3, -0.25) is 0 Å². The normalized spacial score (nSPS) is 37.1. The third-order valence-electron chi connectivity index (χ3n) is 11.9. The number of hydrogen-bond acceptors (Lipinski definition) is 2. The first-order valence-electron chi connectivity index (χ1n) is 17.1. The van der Waals surface area contributed by atoms with Crippen LogP contribution in [0.1, 0.15) is 134 Å². The molecule has 0 amide bonds. The standard InChI is InChI=1S/C36H60N2P2/c1-34(2,3)29-18-27(23-40(32-11-7-9-13-37-32)33-12-8-10-14-38-33)28(19-30(29)35(4,5)6)36-20-24-15-25(21-36)17-26(16-24)31(36)22-39/h18-19,24-26,31-33,37-38H,7-17,20-23,39H2,1-6H3. The van der Waals surface area contributed by atoms with E-state index in [1.807, 2.05) is 5.56 Å². The monoisotopic (exact) mass is 582 g/mol. The third kappa shape index (κ3) is 5.64. The Balaban J connectivity index is 1.51. The van der Waals surface area contributed by atoms with Gasteiger partial charge in [-0.25, -0.2) is 0 Å². The van der Waals surface area contributed by atoms with Gasteiger partial charge in [-0.2, -0.15) is 0 Å². The molecule has 40 heavy (non-hydrogen) atoms. The summed E-state index contributed by atoms with van der Waals surface area (Å²) in [6.07, 6.45) is 18.4. The van der Waals surface area contributed by atoms with E-state index in [1.54, 1.807) is 16.7 Å². The fourth-order valence-electron chi connectivity index (χ4n) is 10.3. The molecule has 6 fully saturated rings. The van der Waals surface area contributed by atoms with Crippen LogP contribution in [0.15, 0.2) is 12.1 Å². The Bertz CT molecular complexity index is 1010. The van der Waals surface area contributed by atoms with Crippen molar-refractivity contribution in [2.24, 2.45) is 23.7 Å². The molecule has 224 valence electrons. The predicted octanol–water partition coefficient (Wildman–Crippen LogP) is 9.03. The lowest BCUT2D eigenvalue weighted by Crippen LogP contribution is -2.56. The lowest BCUT2D eigenvalue weighted by molar-refractivity contribution is -0.0521. The van der Waals surface area contributed by atoms with Crippen molar-refractivity contribution in [1.82, 2.24) is 10.6 Å². The van der Waals surface area contributed by atoms with Gasteiger partial charge in [0.15, 0.2) is 0 Å². The van der Waals surface area contributed by atoms with Crippen molar-refractivity contribution in [2.45, 2.75) is 146 Å². The van der Waals surface area contributed by atoms with Gasteiger partial charge in [-0.05, 0) is 145 Å². The molecule has 1 aromatic rings. The highest BCUT2D eigenvalue weighted by molar-refractivity contribution is 7.58. The highest BCUT2D eigenvalue weighted by Gasteiger charge is 2.57. The zero-order valence-corrected chi connectivity index (χ0v) is 28.8. The molecule has 1 aromatic carbocycles. The molecule has 4 saturated carbocycles. The van der Waals surface area contributed by atoms with Gasteiger partial charge in [0.2, 0.25) is 0 Å². The van der Waals surface area contributed by atoms with E-state index in [2.05, 4.69) is 73.5 Å². The maximum atomic E-state index is 4.08. The first-order valence-corrected chi connectivity index (χ1v) is 19.6. The van der Waals surface area contributed by atoms with E-state index in [0.29, 0.717) is 5.41 Å². The summed E-state index contributed by atoms with van der Waals surface area (Å²) in [4.78, 5) is 0. The molecule has 4 heteroatoms. The minimum atomic E-state index is -0.163. The summed E-state index contributed by atoms with van der Waals surface area (Å²) in [6.45, 7) is 17.3. The summed E-state index contributed by atoms with van der Waals surface area (Å²) in [5, 5.41) is 8.16. The van der Waals surface area contributed by atoms with Crippen LogP contribution in [-0.2, 0) is 22.4 Å². The number of benzene rings is 1. The van der Waals surface area contributed by atoms with Crippen LogP contribution in [-0.4, -0.2) is 30.8 Å². The van der Waals surface area contributed by atoms with E-state index in [0.717, 1.165) is 35.2 Å². The summed E-state index contributed by atoms with van der Waals surface area (Å²) in [7, 11) is 3.08. The quantitative estimate of drug-likeness (QED) is 0.327. The maximum Gasteiger partial charge on any atom is 0.0286 e. The van der Waals surface area contributed by atoms with Gasteiger partial charge in [0.05, 0.1) is 0 Å². The van der Waals surface area contributed by atoms with Gasteiger partial charge < -0.3 is 10.6 Å². The van der Waals surface area contributed by atoms with Gasteiger partial charge in [-0.15, -0.1) is 9.24 Å². The maximum absolute atomic E-state index is 4.08. The number of piperidine rings is 2. The molecule has 4 bridgehead atoms. The second-order valence-electron chi connectivity index (χ2n) is 16.8. The Hall–Kier alpha value is -0.0000000000000000555. The van der Waals surface area contributed by atoms with Crippen molar-refractivity contribution in [2.75, 3.05) is 19.3 Å². The van der Waals surface area contributed by atoms with Gasteiger partial charge in [0, 0.05) is 11.6 Å². The molecule has 6 unspecified atom stereocenters. The fourth-order valence-corrected chi connectivity index (χ4v) is 14.5. The van der Waals surface area contributed by atoms with Crippen LogP contribution < -0.4 is 10.6 Å². The highest BCUT2D eigenvalue weighted by Crippen LogP contribution is 2.65. The van der Waals surface area contributed by atoms with Crippen LogP contribution in [0.3, 0.4) is 0 Å². The minimum Gasteiger partial charge on any atom is -0.310 e. The molecule has 2 heterocycles. The minimum absolute atomic E-state index is 0.159. The molecule has 0 spiro atoms. The summed E-state index contributed by atoms with van der Waals surface area (Å²) in [5.74, 6) is 5.20. The number of nitrogens with one attached hydrogen (secondary N) is 2. The van der Waals surface area contributed by atoms with E-state index < -0.39 is 0 Å². The van der Waals surface area contributed by atoms with Gasteiger partial charge >= 0.3 is 0 Å². The summed E-state index contributed by atoms with van der Waals surface area (Å²) in [5.41, 5.74) is 7.58. The molecule has 6 atom stereocenters. The van der Waals surface area contributed by atoms with Crippen LogP contribution in [0.25, 0.3) is 0 Å². The lowest BCUT2D eigenvalue weighted by atomic mass is 9.43. The average Bonchev–Trinajstić information content (AvgIpc) is 2.91. The number of rotatable bonds is 6. The molecule has 2 aliphatic heterocycles. The van der Waals surface area contributed by atoms with Crippen molar-refractivity contribution in [3.05, 3.63) is 34.4 Å². The van der Waals surface area contributed by atoms with Crippen molar-refractivity contribution in [1.29, 1.82) is 0 Å². The first-order chi connectivity index (χ1) is 19.0. The van der Waals surface area contributed by atoms with E-state index >= 15 is 0 Å². The topological polar surface area (TPSA) is 24.1 Å². The molecule has 6 aliphatic rings. The Labute approximate surface area is 250 Å². The van der Waals surface area contributed by atoms with E-state index in [-0.39, 0.29) is 18.8 Å². The average molecular weight is 583 g/mol. The van der Waals surface area contributed by atoms with Crippen LogP contribution in [0, 0.1) is 23.7 Å². The van der Waals surface area contributed by atoms with Crippen molar-refractivity contribution in [3.8, 4) is 0 Å². The van der Waals surface area contributed by atoms with Crippen LogP contribution in [0.5, 0.6) is 0 Å². The van der Waals surface area contributed by atoms with Crippen LogP contribution in [0.2, 0.25) is 0 Å². The van der Waals surface area contributed by atoms with Gasteiger partial charge in [0.25, 0.3) is 0 Å². The number of hydrogen-bond donors (Lipinski definition) is 2. The Morgan fingerprint density at radius 1 is 0.800 bits per heavy atom. The summed E-state index contributed by atoms with van der Waals surface area (Å²) in [6, 6.07) is 5.64. The Kier molecular flexibility index (Phi) is 8.63. The zero-order valence-electron chi connectivity index (χ0n) is 26.7. The summed E-state index contributed by atoms with van der Waals surface area (Å²) >= 11 is 0. The predicted molar refractivity (Wildman–Crippen MR) is 179 cm³/mol. The molecular weight excluding hydrogens is 522 g/mol. The first kappa shape index (κ1) is 30.0. The van der Waals surface area contributed by atoms with E-state index in [1.165, 1.54) is 96.0 Å². The highest BCUT2D eigenvalue weighted by atomic mass is 31.1. The molecule has 0 aromatic heterocycles. The van der Waals surface area contributed by atoms with Gasteiger partial charge in [0.1, 0.15) is 0 Å². The second kappa shape index (κ2) is 11.5. The van der Waals surface area contributed by atoms with Crippen molar-refractivity contribution >= 4 is 17.2 Å². The smallest absolute Gasteiger partial charge is 0.0286 e. The van der Waals surface area contributed by atoms with Crippen molar-refractivity contribution < 1.29 is 0 Å². The molecule has 2 N–H and O–H groups in total. The largest absolute Gasteiger partial charge is 0.310 e. The summed E-state index contributed by atoms with van der Waals surface area (Å²) < 4.78 is 0. The zero-order chi connectivity index (χ0) is 28.3. The molecular formula is C36H60N2P2. The lowest BCUT2D eigenvalue weighted by Gasteiger charge is -2.62. The van der Waals surface area contributed by atoms with E-state index in [9.17, 15) is 0 Å². The Morgan fingerprint density at radius 2 is 1.35 bits per heavy atom. The van der Waals surface area contributed by atoms with Crippen LogP contribution >= 0.6 is 17.2 Å². The SMILES string of the molecule is CC(C)(C)c1cc(CP(C2CCCCN2)C2CCCCN2)c(C23CC4CC(CC(C4)C2CP)C3)cc1C(C)(C)C.